The Morgan fingerprint density at radius 3 is 2.68 bits per heavy atom. The fourth-order valence-corrected chi connectivity index (χ4v) is 1.92. The SMILES string of the molecule is CCC(N)c1ccc(-c2ccc([N+](=O)[O-])c(C)c2)o1. The van der Waals surface area contributed by atoms with Crippen molar-refractivity contribution in [2.24, 2.45) is 5.73 Å². The molecule has 0 aliphatic rings. The van der Waals surface area contributed by atoms with Crippen molar-refractivity contribution in [1.29, 1.82) is 0 Å². The Morgan fingerprint density at radius 2 is 2.11 bits per heavy atom. The zero-order valence-corrected chi connectivity index (χ0v) is 10.9. The number of aryl methyl sites for hydroxylation is 1. The maximum absolute atomic E-state index is 10.8. The molecule has 5 heteroatoms. The van der Waals surface area contributed by atoms with Crippen molar-refractivity contribution in [3.63, 3.8) is 0 Å². The highest BCUT2D eigenvalue weighted by atomic mass is 16.6. The summed E-state index contributed by atoms with van der Waals surface area (Å²) >= 11 is 0. The molecule has 0 bridgehead atoms. The minimum absolute atomic E-state index is 0.112. The molecule has 0 saturated carbocycles. The van der Waals surface area contributed by atoms with E-state index in [2.05, 4.69) is 0 Å². The summed E-state index contributed by atoms with van der Waals surface area (Å²) in [6.45, 7) is 3.70. The van der Waals surface area contributed by atoms with Crippen LogP contribution in [0.2, 0.25) is 0 Å². The van der Waals surface area contributed by atoms with Gasteiger partial charge < -0.3 is 10.2 Å². The van der Waals surface area contributed by atoms with Crippen molar-refractivity contribution < 1.29 is 9.34 Å². The first-order valence-corrected chi connectivity index (χ1v) is 6.13. The van der Waals surface area contributed by atoms with Crippen molar-refractivity contribution in [2.75, 3.05) is 0 Å². The number of nitro benzene ring substituents is 1. The predicted octanol–water partition coefficient (Wildman–Crippen LogP) is 3.57. The quantitative estimate of drug-likeness (QED) is 0.672. The lowest BCUT2D eigenvalue weighted by Gasteiger charge is -2.04. The fourth-order valence-electron chi connectivity index (χ4n) is 1.92. The molecule has 1 aromatic carbocycles. The minimum atomic E-state index is -0.389. The summed E-state index contributed by atoms with van der Waals surface area (Å²) in [4.78, 5) is 10.4. The van der Waals surface area contributed by atoms with Crippen LogP contribution in [0.4, 0.5) is 5.69 Å². The predicted molar refractivity (Wildman–Crippen MR) is 72.8 cm³/mol. The summed E-state index contributed by atoms with van der Waals surface area (Å²) in [7, 11) is 0. The van der Waals surface area contributed by atoms with Crippen LogP contribution in [0, 0.1) is 17.0 Å². The van der Waals surface area contributed by atoms with Crippen LogP contribution in [0.5, 0.6) is 0 Å². The molecular weight excluding hydrogens is 244 g/mol. The van der Waals surface area contributed by atoms with E-state index >= 15 is 0 Å². The van der Waals surface area contributed by atoms with E-state index in [1.54, 1.807) is 19.1 Å². The zero-order chi connectivity index (χ0) is 14.0. The molecule has 0 spiro atoms. The Balaban J connectivity index is 2.35. The van der Waals surface area contributed by atoms with Crippen LogP contribution < -0.4 is 5.73 Å². The van der Waals surface area contributed by atoms with Crippen LogP contribution in [-0.4, -0.2) is 4.92 Å². The monoisotopic (exact) mass is 260 g/mol. The summed E-state index contributed by atoms with van der Waals surface area (Å²) in [5.74, 6) is 1.41. The molecule has 2 rings (SSSR count). The van der Waals surface area contributed by atoms with Gasteiger partial charge in [0.25, 0.3) is 5.69 Å². The third-order valence-corrected chi connectivity index (χ3v) is 3.11. The average molecular weight is 260 g/mol. The molecule has 2 N–H and O–H groups in total. The Morgan fingerprint density at radius 1 is 1.37 bits per heavy atom. The molecular formula is C14H16N2O3. The summed E-state index contributed by atoms with van der Waals surface area (Å²) in [6, 6.07) is 8.50. The molecule has 1 atom stereocenters. The fraction of sp³-hybridized carbons (Fsp3) is 0.286. The van der Waals surface area contributed by atoms with E-state index in [0.29, 0.717) is 11.3 Å². The average Bonchev–Trinajstić information content (AvgIpc) is 2.86. The number of nitrogens with zero attached hydrogens (tertiary/aromatic N) is 1. The van der Waals surface area contributed by atoms with E-state index in [1.165, 1.54) is 6.07 Å². The lowest BCUT2D eigenvalue weighted by atomic mass is 10.1. The van der Waals surface area contributed by atoms with E-state index in [-0.39, 0.29) is 16.7 Å². The smallest absolute Gasteiger partial charge is 0.272 e. The third kappa shape index (κ3) is 2.66. The third-order valence-electron chi connectivity index (χ3n) is 3.11. The Kier molecular flexibility index (Phi) is 3.66. The van der Waals surface area contributed by atoms with Gasteiger partial charge in [-0.25, -0.2) is 0 Å². The van der Waals surface area contributed by atoms with Gasteiger partial charge in [0, 0.05) is 17.2 Å². The Hall–Kier alpha value is -2.14. The van der Waals surface area contributed by atoms with Crippen LogP contribution in [0.3, 0.4) is 0 Å². The number of furan rings is 1. The molecule has 0 aliphatic heterocycles. The molecule has 0 amide bonds. The van der Waals surface area contributed by atoms with Gasteiger partial charge in [0.15, 0.2) is 0 Å². The van der Waals surface area contributed by atoms with Gasteiger partial charge in [-0.15, -0.1) is 0 Å². The number of benzene rings is 1. The molecule has 1 unspecified atom stereocenters. The van der Waals surface area contributed by atoms with E-state index in [1.807, 2.05) is 19.1 Å². The molecule has 1 aromatic heterocycles. The summed E-state index contributed by atoms with van der Waals surface area (Å²) in [5.41, 5.74) is 7.44. The maximum atomic E-state index is 10.8. The van der Waals surface area contributed by atoms with Crippen LogP contribution in [-0.2, 0) is 0 Å². The van der Waals surface area contributed by atoms with Gasteiger partial charge in [-0.05, 0) is 37.6 Å². The number of nitro groups is 1. The summed E-state index contributed by atoms with van der Waals surface area (Å²) in [5, 5.41) is 10.8. The largest absolute Gasteiger partial charge is 0.459 e. The van der Waals surface area contributed by atoms with Gasteiger partial charge in [-0.3, -0.25) is 10.1 Å². The summed E-state index contributed by atoms with van der Waals surface area (Å²) in [6.07, 6.45) is 0.798. The first-order chi connectivity index (χ1) is 9.02. The van der Waals surface area contributed by atoms with Crippen molar-refractivity contribution in [3.8, 4) is 11.3 Å². The van der Waals surface area contributed by atoms with Crippen molar-refractivity contribution in [1.82, 2.24) is 0 Å². The minimum Gasteiger partial charge on any atom is -0.459 e. The molecule has 5 nitrogen and oxygen atoms in total. The first-order valence-electron chi connectivity index (χ1n) is 6.13. The van der Waals surface area contributed by atoms with E-state index < -0.39 is 0 Å². The van der Waals surface area contributed by atoms with Gasteiger partial charge in [0.2, 0.25) is 0 Å². The summed E-state index contributed by atoms with van der Waals surface area (Å²) < 4.78 is 5.68. The standard InChI is InChI=1S/C14H16N2O3/c1-3-11(15)14-7-6-13(19-14)10-4-5-12(16(17)18)9(2)8-10/h4-8,11H,3,15H2,1-2H3. The van der Waals surface area contributed by atoms with Crippen molar-refractivity contribution in [2.45, 2.75) is 26.3 Å². The molecule has 0 saturated heterocycles. The topological polar surface area (TPSA) is 82.3 Å². The second-order valence-corrected chi connectivity index (χ2v) is 4.48. The van der Waals surface area contributed by atoms with E-state index in [9.17, 15) is 10.1 Å². The molecule has 1 heterocycles. The molecule has 0 radical (unpaired) electrons. The Bertz CT molecular complexity index is 604. The van der Waals surface area contributed by atoms with Gasteiger partial charge in [0.05, 0.1) is 11.0 Å². The molecule has 2 aromatic rings. The van der Waals surface area contributed by atoms with Crippen LogP contribution in [0.1, 0.15) is 30.7 Å². The molecule has 100 valence electrons. The number of rotatable bonds is 4. The highest BCUT2D eigenvalue weighted by Crippen LogP contribution is 2.29. The lowest BCUT2D eigenvalue weighted by Crippen LogP contribution is -2.06. The molecule has 0 fully saturated rings. The normalized spacial score (nSPS) is 12.4. The lowest BCUT2D eigenvalue weighted by molar-refractivity contribution is -0.385. The Labute approximate surface area is 111 Å². The first kappa shape index (κ1) is 13.3. The van der Waals surface area contributed by atoms with E-state index in [0.717, 1.165) is 17.7 Å². The van der Waals surface area contributed by atoms with Crippen LogP contribution in [0.15, 0.2) is 34.7 Å². The van der Waals surface area contributed by atoms with Crippen molar-refractivity contribution >= 4 is 5.69 Å². The second-order valence-electron chi connectivity index (χ2n) is 4.48. The highest BCUT2D eigenvalue weighted by Gasteiger charge is 2.14. The van der Waals surface area contributed by atoms with Gasteiger partial charge >= 0.3 is 0 Å². The molecule has 0 aliphatic carbocycles. The van der Waals surface area contributed by atoms with Gasteiger partial charge in [0.1, 0.15) is 11.5 Å². The van der Waals surface area contributed by atoms with Crippen molar-refractivity contribution in [3.05, 3.63) is 51.8 Å². The van der Waals surface area contributed by atoms with E-state index in [4.69, 9.17) is 10.2 Å². The second kappa shape index (κ2) is 5.24. The maximum Gasteiger partial charge on any atom is 0.272 e. The van der Waals surface area contributed by atoms with Crippen LogP contribution >= 0.6 is 0 Å². The zero-order valence-electron chi connectivity index (χ0n) is 10.9. The molecule has 19 heavy (non-hydrogen) atoms. The number of nitrogens with two attached hydrogens (primary N) is 1. The van der Waals surface area contributed by atoms with Gasteiger partial charge in [-0.2, -0.15) is 0 Å². The highest BCUT2D eigenvalue weighted by molar-refractivity contribution is 5.62. The van der Waals surface area contributed by atoms with Crippen LogP contribution in [0.25, 0.3) is 11.3 Å². The number of hydrogen-bond donors (Lipinski definition) is 1. The van der Waals surface area contributed by atoms with Gasteiger partial charge in [-0.1, -0.05) is 6.92 Å². The number of hydrogen-bond acceptors (Lipinski definition) is 4.